The molecule has 64 valence electrons. The number of benzene rings is 1. The van der Waals surface area contributed by atoms with Gasteiger partial charge in [0.2, 0.25) is 0 Å². The smallest absolute Gasteiger partial charge is 0.0415 e. The van der Waals surface area contributed by atoms with Gasteiger partial charge in [0.05, 0.1) is 0 Å². The van der Waals surface area contributed by atoms with Crippen molar-refractivity contribution in [3.8, 4) is 0 Å². The van der Waals surface area contributed by atoms with Crippen LogP contribution >= 0.6 is 20.2 Å². The Balaban J connectivity index is 2.53. The van der Waals surface area contributed by atoms with Gasteiger partial charge >= 0.3 is 0 Å². The number of rotatable bonds is 0. The van der Waals surface area contributed by atoms with E-state index in [-0.39, 0.29) is 0 Å². The van der Waals surface area contributed by atoms with E-state index in [4.69, 9.17) is 11.6 Å². The first-order valence-electron chi connectivity index (χ1n) is 4.30. The summed E-state index contributed by atoms with van der Waals surface area (Å²) in [7, 11) is 0.981. The van der Waals surface area contributed by atoms with Gasteiger partial charge in [0.25, 0.3) is 0 Å². The van der Waals surface area contributed by atoms with Crippen molar-refractivity contribution in [2.75, 3.05) is 6.16 Å². The standard InChI is InChI=1S/C10H12ClP/c1-7-5-8(11)6-10-9(7)3-2-4-12-10/h5-6,12H,2-4H2,1H3. The fourth-order valence-corrected chi connectivity index (χ4v) is 3.53. The van der Waals surface area contributed by atoms with E-state index >= 15 is 0 Å². The topological polar surface area (TPSA) is 0 Å². The van der Waals surface area contributed by atoms with Gasteiger partial charge in [0, 0.05) is 5.02 Å². The summed E-state index contributed by atoms with van der Waals surface area (Å²) >= 11 is 5.99. The molecule has 0 fully saturated rings. The highest BCUT2D eigenvalue weighted by Gasteiger charge is 2.11. The summed E-state index contributed by atoms with van der Waals surface area (Å²) in [6.45, 7) is 2.17. The molecule has 1 aliphatic rings. The van der Waals surface area contributed by atoms with Crippen molar-refractivity contribution < 1.29 is 0 Å². The maximum atomic E-state index is 5.99. The number of hydrogen-bond acceptors (Lipinski definition) is 0. The maximum absolute atomic E-state index is 5.99. The predicted molar refractivity (Wildman–Crippen MR) is 57.3 cm³/mol. The van der Waals surface area contributed by atoms with Crippen LogP contribution in [0.5, 0.6) is 0 Å². The molecule has 2 rings (SSSR count). The van der Waals surface area contributed by atoms with Crippen LogP contribution in [0.3, 0.4) is 0 Å². The minimum atomic E-state index is 0.903. The molecule has 0 spiro atoms. The van der Waals surface area contributed by atoms with Gasteiger partial charge in [-0.15, -0.1) is 0 Å². The van der Waals surface area contributed by atoms with Crippen molar-refractivity contribution in [3.05, 3.63) is 28.3 Å². The second-order valence-corrected chi connectivity index (χ2v) is 5.11. The largest absolute Gasteiger partial charge is 0.0900 e. The van der Waals surface area contributed by atoms with Gasteiger partial charge in [0.15, 0.2) is 0 Å². The molecule has 0 saturated carbocycles. The molecule has 0 radical (unpaired) electrons. The molecular weight excluding hydrogens is 187 g/mol. The summed E-state index contributed by atoms with van der Waals surface area (Å²) in [6, 6.07) is 4.22. The highest BCUT2D eigenvalue weighted by Crippen LogP contribution is 2.27. The molecule has 0 nitrogen and oxygen atoms in total. The molecule has 0 aromatic heterocycles. The van der Waals surface area contributed by atoms with Gasteiger partial charge in [-0.05, 0) is 54.5 Å². The third-order valence-corrected chi connectivity index (χ3v) is 4.01. The van der Waals surface area contributed by atoms with E-state index in [9.17, 15) is 0 Å². The molecule has 12 heavy (non-hydrogen) atoms. The second kappa shape index (κ2) is 3.36. The number of hydrogen-bond donors (Lipinski definition) is 0. The van der Waals surface area contributed by atoms with Crippen LogP contribution in [0, 0.1) is 6.92 Å². The monoisotopic (exact) mass is 198 g/mol. The van der Waals surface area contributed by atoms with Crippen molar-refractivity contribution in [3.63, 3.8) is 0 Å². The lowest BCUT2D eigenvalue weighted by atomic mass is 10.0. The number of fused-ring (bicyclic) bond motifs is 1. The minimum absolute atomic E-state index is 0.903. The van der Waals surface area contributed by atoms with Gasteiger partial charge < -0.3 is 0 Å². The molecule has 1 aromatic rings. The average molecular weight is 199 g/mol. The summed E-state index contributed by atoms with van der Waals surface area (Å²) in [4.78, 5) is 0. The van der Waals surface area contributed by atoms with E-state index in [1.165, 1.54) is 29.9 Å². The zero-order chi connectivity index (χ0) is 8.55. The molecular formula is C10H12ClP. The van der Waals surface area contributed by atoms with Crippen molar-refractivity contribution in [2.45, 2.75) is 19.8 Å². The van der Waals surface area contributed by atoms with E-state index in [0.717, 1.165) is 13.6 Å². The number of halogens is 1. The van der Waals surface area contributed by atoms with Gasteiger partial charge in [0.1, 0.15) is 0 Å². The first kappa shape index (κ1) is 8.53. The first-order chi connectivity index (χ1) is 5.77. The van der Waals surface area contributed by atoms with Gasteiger partial charge in [-0.3, -0.25) is 0 Å². The third-order valence-electron chi connectivity index (χ3n) is 2.36. The molecule has 1 aliphatic heterocycles. The Morgan fingerprint density at radius 3 is 3.08 bits per heavy atom. The van der Waals surface area contributed by atoms with E-state index < -0.39 is 0 Å². The number of aryl methyl sites for hydroxylation is 1. The summed E-state index contributed by atoms with van der Waals surface area (Å²) in [5.74, 6) is 0. The molecule has 1 aromatic carbocycles. The van der Waals surface area contributed by atoms with E-state index in [1.807, 2.05) is 0 Å². The van der Waals surface area contributed by atoms with Crippen LogP contribution in [0.1, 0.15) is 17.5 Å². The van der Waals surface area contributed by atoms with Crippen LogP contribution in [0.15, 0.2) is 12.1 Å². The first-order valence-corrected chi connectivity index (χ1v) is 5.89. The van der Waals surface area contributed by atoms with Crippen LogP contribution in [0.2, 0.25) is 5.02 Å². The Kier molecular flexibility index (Phi) is 2.39. The van der Waals surface area contributed by atoms with Crippen LogP contribution in [0.25, 0.3) is 0 Å². The molecule has 0 saturated heterocycles. The Bertz CT molecular complexity index is 307. The highest BCUT2D eigenvalue weighted by atomic mass is 35.5. The Morgan fingerprint density at radius 2 is 2.25 bits per heavy atom. The quantitative estimate of drug-likeness (QED) is 0.563. The fourth-order valence-electron chi connectivity index (χ4n) is 1.75. The van der Waals surface area contributed by atoms with Gasteiger partial charge in [-0.2, -0.15) is 0 Å². The van der Waals surface area contributed by atoms with Gasteiger partial charge in [-0.25, -0.2) is 0 Å². The summed E-state index contributed by atoms with van der Waals surface area (Å²) in [6.07, 6.45) is 3.96. The zero-order valence-electron chi connectivity index (χ0n) is 7.15. The van der Waals surface area contributed by atoms with Crippen molar-refractivity contribution >= 4 is 25.5 Å². The van der Waals surface area contributed by atoms with Crippen LogP contribution in [0.4, 0.5) is 0 Å². The molecule has 0 bridgehead atoms. The molecule has 0 aliphatic carbocycles. The Morgan fingerprint density at radius 1 is 1.42 bits per heavy atom. The predicted octanol–water partition coefficient (Wildman–Crippen LogP) is 2.90. The molecule has 1 heterocycles. The second-order valence-electron chi connectivity index (χ2n) is 3.28. The molecule has 0 N–H and O–H groups in total. The Hall–Kier alpha value is -0.0600. The lowest BCUT2D eigenvalue weighted by molar-refractivity contribution is 0.917. The Labute approximate surface area is 80.1 Å². The van der Waals surface area contributed by atoms with Crippen LogP contribution < -0.4 is 5.30 Å². The van der Waals surface area contributed by atoms with E-state index in [2.05, 4.69) is 19.1 Å². The summed E-state index contributed by atoms with van der Waals surface area (Å²) < 4.78 is 0. The van der Waals surface area contributed by atoms with Crippen molar-refractivity contribution in [2.24, 2.45) is 0 Å². The minimum Gasteiger partial charge on any atom is -0.0900 e. The molecule has 1 unspecified atom stereocenters. The van der Waals surface area contributed by atoms with Crippen LogP contribution in [-0.4, -0.2) is 6.16 Å². The summed E-state index contributed by atoms with van der Waals surface area (Å²) in [5.41, 5.74) is 2.94. The van der Waals surface area contributed by atoms with Crippen molar-refractivity contribution in [1.82, 2.24) is 0 Å². The van der Waals surface area contributed by atoms with Crippen LogP contribution in [-0.2, 0) is 6.42 Å². The molecule has 0 amide bonds. The van der Waals surface area contributed by atoms with E-state index in [1.54, 1.807) is 5.56 Å². The maximum Gasteiger partial charge on any atom is 0.0415 e. The SMILES string of the molecule is Cc1cc(Cl)cc2c1CCCP2. The molecule has 2 heteroatoms. The molecule has 1 atom stereocenters. The highest BCUT2D eigenvalue weighted by molar-refractivity contribution is 7.47. The lowest BCUT2D eigenvalue weighted by Gasteiger charge is -2.18. The fraction of sp³-hybridized carbons (Fsp3) is 0.400. The zero-order valence-corrected chi connectivity index (χ0v) is 8.91. The third kappa shape index (κ3) is 1.51. The van der Waals surface area contributed by atoms with E-state index in [0.29, 0.717) is 0 Å². The van der Waals surface area contributed by atoms with Crippen molar-refractivity contribution in [1.29, 1.82) is 0 Å². The van der Waals surface area contributed by atoms with Gasteiger partial charge in [-0.1, -0.05) is 20.2 Å². The lowest BCUT2D eigenvalue weighted by Crippen LogP contribution is -2.12. The normalized spacial score (nSPS) is 17.8. The average Bonchev–Trinajstić information content (AvgIpc) is 2.04. The summed E-state index contributed by atoms with van der Waals surface area (Å²) in [5, 5.41) is 2.41.